The number of hydrogen-bond acceptors (Lipinski definition) is 3. The molecule has 0 aliphatic heterocycles. The number of methoxy groups -OCH3 is 1. The molecular formula is C19H25ClN2O2. The summed E-state index contributed by atoms with van der Waals surface area (Å²) in [6, 6.07) is 17.4. The van der Waals surface area contributed by atoms with Crippen LogP contribution in [0.4, 0.5) is 0 Å². The molecule has 2 rings (SSSR count). The van der Waals surface area contributed by atoms with Gasteiger partial charge in [0.15, 0.2) is 0 Å². The number of amides is 1. The van der Waals surface area contributed by atoms with Gasteiger partial charge in [0.2, 0.25) is 5.91 Å². The monoisotopic (exact) mass is 348 g/mol. The Bertz CT molecular complexity index is 620. The first-order chi connectivity index (χ1) is 11.2. The molecule has 0 aliphatic carbocycles. The van der Waals surface area contributed by atoms with Gasteiger partial charge in [-0.3, -0.25) is 4.79 Å². The van der Waals surface area contributed by atoms with Crippen LogP contribution < -0.4 is 15.8 Å². The van der Waals surface area contributed by atoms with Crippen LogP contribution in [0.25, 0.3) is 0 Å². The molecule has 0 spiro atoms. The summed E-state index contributed by atoms with van der Waals surface area (Å²) in [6.45, 7) is 0.650. The average Bonchev–Trinajstić information content (AvgIpc) is 2.59. The van der Waals surface area contributed by atoms with Crippen molar-refractivity contribution in [3.63, 3.8) is 0 Å². The van der Waals surface area contributed by atoms with E-state index in [0.29, 0.717) is 13.0 Å². The van der Waals surface area contributed by atoms with Gasteiger partial charge in [0.05, 0.1) is 7.11 Å². The number of ether oxygens (including phenoxy) is 1. The normalized spacial score (nSPS) is 11.2. The Morgan fingerprint density at radius 1 is 1.17 bits per heavy atom. The molecule has 1 unspecified atom stereocenters. The molecule has 0 saturated heterocycles. The SMILES string of the molecule is COc1cccc(CCCNC(=O)CC(N)c2ccccc2)c1.Cl. The van der Waals surface area contributed by atoms with E-state index in [1.165, 1.54) is 5.56 Å². The van der Waals surface area contributed by atoms with Crippen molar-refractivity contribution in [1.29, 1.82) is 0 Å². The van der Waals surface area contributed by atoms with Gasteiger partial charge in [-0.25, -0.2) is 0 Å². The molecule has 2 aromatic rings. The molecule has 1 atom stereocenters. The van der Waals surface area contributed by atoms with E-state index < -0.39 is 0 Å². The second-order valence-electron chi connectivity index (χ2n) is 5.53. The molecule has 130 valence electrons. The summed E-state index contributed by atoms with van der Waals surface area (Å²) < 4.78 is 5.20. The lowest BCUT2D eigenvalue weighted by Gasteiger charge is -2.12. The van der Waals surface area contributed by atoms with Gasteiger partial charge in [-0.05, 0) is 36.1 Å². The fraction of sp³-hybridized carbons (Fsp3) is 0.316. The van der Waals surface area contributed by atoms with Gasteiger partial charge in [0.25, 0.3) is 0 Å². The second-order valence-corrected chi connectivity index (χ2v) is 5.53. The third-order valence-corrected chi connectivity index (χ3v) is 3.73. The summed E-state index contributed by atoms with van der Waals surface area (Å²) >= 11 is 0. The van der Waals surface area contributed by atoms with E-state index in [9.17, 15) is 4.79 Å². The number of hydrogen-bond donors (Lipinski definition) is 2. The molecule has 3 N–H and O–H groups in total. The number of nitrogens with one attached hydrogen (secondary N) is 1. The summed E-state index contributed by atoms with van der Waals surface area (Å²) in [5, 5.41) is 2.93. The Balaban J connectivity index is 0.00000288. The van der Waals surface area contributed by atoms with Gasteiger partial charge in [0, 0.05) is 19.0 Å². The number of carbonyl (C=O) groups is 1. The maximum Gasteiger partial charge on any atom is 0.221 e. The van der Waals surface area contributed by atoms with Gasteiger partial charge in [-0.2, -0.15) is 0 Å². The molecule has 0 aromatic heterocycles. The zero-order valence-electron chi connectivity index (χ0n) is 13.9. The number of rotatable bonds is 8. The van der Waals surface area contributed by atoms with Crippen molar-refractivity contribution >= 4 is 18.3 Å². The van der Waals surface area contributed by atoms with E-state index in [1.807, 2.05) is 48.5 Å². The smallest absolute Gasteiger partial charge is 0.221 e. The highest BCUT2D eigenvalue weighted by Gasteiger charge is 2.10. The molecule has 0 aliphatic rings. The molecular weight excluding hydrogens is 324 g/mol. The molecule has 0 radical (unpaired) electrons. The van der Waals surface area contributed by atoms with E-state index in [2.05, 4.69) is 11.4 Å². The largest absolute Gasteiger partial charge is 0.497 e. The van der Waals surface area contributed by atoms with E-state index in [0.717, 1.165) is 24.2 Å². The van der Waals surface area contributed by atoms with Gasteiger partial charge < -0.3 is 15.8 Å². The molecule has 2 aromatic carbocycles. The van der Waals surface area contributed by atoms with Crippen LogP contribution in [0.5, 0.6) is 5.75 Å². The van der Waals surface area contributed by atoms with E-state index in [1.54, 1.807) is 7.11 Å². The van der Waals surface area contributed by atoms with Crippen LogP contribution in [0, 0.1) is 0 Å². The zero-order valence-corrected chi connectivity index (χ0v) is 14.7. The van der Waals surface area contributed by atoms with E-state index in [-0.39, 0.29) is 24.4 Å². The van der Waals surface area contributed by atoms with Crippen molar-refractivity contribution in [2.75, 3.05) is 13.7 Å². The number of carbonyl (C=O) groups excluding carboxylic acids is 1. The van der Waals surface area contributed by atoms with Crippen molar-refractivity contribution in [3.8, 4) is 5.75 Å². The first kappa shape index (κ1) is 20.0. The topological polar surface area (TPSA) is 64.3 Å². The molecule has 5 heteroatoms. The molecule has 0 fully saturated rings. The molecule has 24 heavy (non-hydrogen) atoms. The maximum atomic E-state index is 11.9. The Labute approximate surface area is 149 Å². The number of aryl methyl sites for hydroxylation is 1. The Hall–Kier alpha value is -2.04. The highest BCUT2D eigenvalue weighted by atomic mass is 35.5. The summed E-state index contributed by atoms with van der Waals surface area (Å²) in [6.07, 6.45) is 2.10. The van der Waals surface area contributed by atoms with Gasteiger partial charge in [-0.1, -0.05) is 42.5 Å². The molecule has 4 nitrogen and oxygen atoms in total. The third kappa shape index (κ3) is 6.60. The fourth-order valence-electron chi connectivity index (χ4n) is 2.44. The van der Waals surface area contributed by atoms with E-state index in [4.69, 9.17) is 10.5 Å². The average molecular weight is 349 g/mol. The molecule has 0 bridgehead atoms. The van der Waals surface area contributed by atoms with Crippen LogP contribution in [-0.2, 0) is 11.2 Å². The third-order valence-electron chi connectivity index (χ3n) is 3.73. The Morgan fingerprint density at radius 2 is 1.92 bits per heavy atom. The van der Waals surface area contributed by atoms with Crippen LogP contribution in [0.2, 0.25) is 0 Å². The van der Waals surface area contributed by atoms with Crippen LogP contribution in [-0.4, -0.2) is 19.6 Å². The zero-order chi connectivity index (χ0) is 16.5. The van der Waals surface area contributed by atoms with Gasteiger partial charge in [0.1, 0.15) is 5.75 Å². The van der Waals surface area contributed by atoms with Crippen LogP contribution in [0.15, 0.2) is 54.6 Å². The summed E-state index contributed by atoms with van der Waals surface area (Å²) in [5.41, 5.74) is 8.24. The van der Waals surface area contributed by atoms with Crippen molar-refractivity contribution in [3.05, 3.63) is 65.7 Å². The quantitative estimate of drug-likeness (QED) is 0.720. The molecule has 0 heterocycles. The fourth-order valence-corrected chi connectivity index (χ4v) is 2.44. The second kappa shape index (κ2) is 10.7. The van der Waals surface area contributed by atoms with Crippen LogP contribution in [0.1, 0.15) is 30.0 Å². The predicted molar refractivity (Wildman–Crippen MR) is 99.6 cm³/mol. The van der Waals surface area contributed by atoms with E-state index >= 15 is 0 Å². The number of halogens is 1. The minimum Gasteiger partial charge on any atom is -0.497 e. The molecule has 0 saturated carbocycles. The first-order valence-corrected chi connectivity index (χ1v) is 7.89. The lowest BCUT2D eigenvalue weighted by Crippen LogP contribution is -2.28. The van der Waals surface area contributed by atoms with Crippen molar-refractivity contribution in [2.24, 2.45) is 5.73 Å². The number of nitrogens with two attached hydrogens (primary N) is 1. The summed E-state index contributed by atoms with van der Waals surface area (Å²) in [7, 11) is 1.66. The van der Waals surface area contributed by atoms with Crippen molar-refractivity contribution < 1.29 is 9.53 Å². The standard InChI is InChI=1S/C19H24N2O2.ClH/c1-23-17-11-5-7-15(13-17)8-6-12-21-19(22)14-18(20)16-9-3-2-4-10-16;/h2-5,7,9-11,13,18H,6,8,12,14,20H2,1H3,(H,21,22);1H. The van der Waals surface area contributed by atoms with Gasteiger partial charge in [-0.15, -0.1) is 12.4 Å². The van der Waals surface area contributed by atoms with Crippen LogP contribution >= 0.6 is 12.4 Å². The number of benzene rings is 2. The maximum absolute atomic E-state index is 11.9. The highest BCUT2D eigenvalue weighted by molar-refractivity contribution is 5.85. The Morgan fingerprint density at radius 3 is 2.62 bits per heavy atom. The highest BCUT2D eigenvalue weighted by Crippen LogP contribution is 2.14. The minimum absolute atomic E-state index is 0. The lowest BCUT2D eigenvalue weighted by molar-refractivity contribution is -0.121. The predicted octanol–water partition coefficient (Wildman–Crippen LogP) is 3.26. The first-order valence-electron chi connectivity index (χ1n) is 7.89. The van der Waals surface area contributed by atoms with Crippen molar-refractivity contribution in [2.45, 2.75) is 25.3 Å². The molecule has 1 amide bonds. The minimum atomic E-state index is -0.255. The summed E-state index contributed by atoms with van der Waals surface area (Å²) in [4.78, 5) is 11.9. The van der Waals surface area contributed by atoms with Crippen molar-refractivity contribution in [1.82, 2.24) is 5.32 Å². The Kier molecular flexibility index (Phi) is 8.90. The summed E-state index contributed by atoms with van der Waals surface area (Å²) in [5.74, 6) is 0.854. The van der Waals surface area contributed by atoms with Gasteiger partial charge >= 0.3 is 0 Å². The lowest BCUT2D eigenvalue weighted by atomic mass is 10.0. The van der Waals surface area contributed by atoms with Crippen LogP contribution in [0.3, 0.4) is 0 Å².